The summed E-state index contributed by atoms with van der Waals surface area (Å²) in [6.07, 6.45) is 7.44. The number of terminal acetylenes is 1. The second kappa shape index (κ2) is 3.11. The third kappa shape index (κ3) is 1.30. The fraction of sp³-hybridized carbons (Fsp3) is 0.333. The van der Waals surface area contributed by atoms with Crippen LogP contribution in [0.15, 0.2) is 18.2 Å². The lowest BCUT2D eigenvalue weighted by molar-refractivity contribution is 0.454. The summed E-state index contributed by atoms with van der Waals surface area (Å²) in [5.41, 5.74) is 7.75. The van der Waals surface area contributed by atoms with Crippen LogP contribution >= 0.6 is 0 Å². The second-order valence-electron chi connectivity index (χ2n) is 3.84. The van der Waals surface area contributed by atoms with E-state index in [0.29, 0.717) is 6.42 Å². The van der Waals surface area contributed by atoms with Crippen LogP contribution in [0, 0.1) is 18.2 Å². The molecule has 0 bridgehead atoms. The highest BCUT2D eigenvalue weighted by Crippen LogP contribution is 2.37. The molecule has 1 aliphatic carbocycles. The summed E-state index contributed by atoms with van der Waals surface area (Å²) in [6.45, 7) is 0. The quantitative estimate of drug-likeness (QED) is 0.671. The van der Waals surface area contributed by atoms with Gasteiger partial charge in [-0.2, -0.15) is 0 Å². The summed E-state index contributed by atoms with van der Waals surface area (Å²) in [6, 6.07) is 4.76. The van der Waals surface area contributed by atoms with Crippen LogP contribution in [0.2, 0.25) is 0 Å². The molecule has 0 spiro atoms. The Hall–Kier alpha value is -1.33. The van der Waals surface area contributed by atoms with E-state index >= 15 is 0 Å². The van der Waals surface area contributed by atoms with E-state index in [-0.39, 0.29) is 5.82 Å². The third-order valence-electron chi connectivity index (χ3n) is 2.86. The Morgan fingerprint density at radius 3 is 3.07 bits per heavy atom. The van der Waals surface area contributed by atoms with E-state index in [0.717, 1.165) is 24.0 Å². The van der Waals surface area contributed by atoms with Crippen molar-refractivity contribution < 1.29 is 4.39 Å². The maximum absolute atomic E-state index is 12.9. The normalized spacial score (nSPS) is 24.4. The summed E-state index contributed by atoms with van der Waals surface area (Å²) in [4.78, 5) is 0. The maximum Gasteiger partial charge on any atom is 0.123 e. The number of fused-ring (bicyclic) bond motifs is 1. The van der Waals surface area contributed by atoms with Gasteiger partial charge in [0.25, 0.3) is 0 Å². The molecule has 0 heterocycles. The maximum atomic E-state index is 12.9. The minimum Gasteiger partial charge on any atom is -0.321 e. The van der Waals surface area contributed by atoms with E-state index in [2.05, 4.69) is 5.92 Å². The van der Waals surface area contributed by atoms with Crippen LogP contribution < -0.4 is 5.73 Å². The fourth-order valence-corrected chi connectivity index (χ4v) is 2.11. The molecule has 0 radical (unpaired) electrons. The van der Waals surface area contributed by atoms with Gasteiger partial charge in [0.2, 0.25) is 0 Å². The summed E-state index contributed by atoms with van der Waals surface area (Å²) >= 11 is 0. The standard InChI is InChI=1S/C12H12FN/c1-2-6-12(14)7-5-9-8-10(13)3-4-11(9)12/h1,3-4,8H,5-7,14H2. The first kappa shape index (κ1) is 9.23. The van der Waals surface area contributed by atoms with Gasteiger partial charge in [-0.3, -0.25) is 0 Å². The largest absolute Gasteiger partial charge is 0.321 e. The van der Waals surface area contributed by atoms with Crippen molar-refractivity contribution in [2.75, 3.05) is 0 Å². The van der Waals surface area contributed by atoms with Crippen LogP contribution in [-0.2, 0) is 12.0 Å². The minimum absolute atomic E-state index is 0.200. The van der Waals surface area contributed by atoms with Crippen molar-refractivity contribution in [3.8, 4) is 12.3 Å². The Balaban J connectivity index is 2.45. The first-order valence-electron chi connectivity index (χ1n) is 4.67. The zero-order valence-electron chi connectivity index (χ0n) is 7.89. The number of hydrogen-bond donors (Lipinski definition) is 1. The summed E-state index contributed by atoms with van der Waals surface area (Å²) in [7, 11) is 0. The molecule has 0 amide bonds. The second-order valence-corrected chi connectivity index (χ2v) is 3.84. The molecule has 0 saturated carbocycles. The first-order chi connectivity index (χ1) is 6.65. The molecular weight excluding hydrogens is 177 g/mol. The molecular formula is C12H12FN. The van der Waals surface area contributed by atoms with Crippen LogP contribution in [0.25, 0.3) is 0 Å². The fourth-order valence-electron chi connectivity index (χ4n) is 2.11. The average molecular weight is 189 g/mol. The molecule has 1 nitrogen and oxygen atoms in total. The number of benzene rings is 1. The summed E-state index contributed by atoms with van der Waals surface area (Å²) in [5, 5.41) is 0. The highest BCUT2D eigenvalue weighted by Gasteiger charge is 2.34. The monoisotopic (exact) mass is 189 g/mol. The summed E-state index contributed by atoms with van der Waals surface area (Å²) in [5.74, 6) is 2.39. The molecule has 1 atom stereocenters. The van der Waals surface area contributed by atoms with Gasteiger partial charge in [-0.05, 0) is 36.1 Å². The van der Waals surface area contributed by atoms with E-state index in [1.807, 2.05) is 0 Å². The zero-order valence-corrected chi connectivity index (χ0v) is 7.89. The molecule has 1 unspecified atom stereocenters. The summed E-state index contributed by atoms with van der Waals surface area (Å²) < 4.78 is 12.9. The predicted octanol–water partition coefficient (Wildman–Crippen LogP) is 1.95. The van der Waals surface area contributed by atoms with Gasteiger partial charge in [0, 0.05) is 6.42 Å². The number of nitrogens with two attached hydrogens (primary N) is 1. The average Bonchev–Trinajstić information content (AvgIpc) is 2.44. The lowest BCUT2D eigenvalue weighted by atomic mass is 9.90. The number of hydrogen-bond acceptors (Lipinski definition) is 1. The Kier molecular flexibility index (Phi) is 2.05. The van der Waals surface area contributed by atoms with E-state index in [4.69, 9.17) is 12.2 Å². The molecule has 1 aromatic carbocycles. The number of rotatable bonds is 1. The van der Waals surface area contributed by atoms with Crippen molar-refractivity contribution in [2.45, 2.75) is 24.8 Å². The Labute approximate surface area is 83.1 Å². The molecule has 1 aromatic rings. The molecule has 0 saturated heterocycles. The first-order valence-corrected chi connectivity index (χ1v) is 4.67. The van der Waals surface area contributed by atoms with Gasteiger partial charge in [-0.1, -0.05) is 6.07 Å². The van der Waals surface area contributed by atoms with Crippen molar-refractivity contribution >= 4 is 0 Å². The van der Waals surface area contributed by atoms with Gasteiger partial charge in [-0.25, -0.2) is 4.39 Å². The zero-order chi connectivity index (χ0) is 10.2. The van der Waals surface area contributed by atoms with Crippen molar-refractivity contribution in [1.29, 1.82) is 0 Å². The Morgan fingerprint density at radius 1 is 1.57 bits per heavy atom. The van der Waals surface area contributed by atoms with Crippen LogP contribution in [0.5, 0.6) is 0 Å². The van der Waals surface area contributed by atoms with E-state index in [9.17, 15) is 4.39 Å². The van der Waals surface area contributed by atoms with Gasteiger partial charge in [0.1, 0.15) is 5.82 Å². The van der Waals surface area contributed by atoms with Gasteiger partial charge in [0.15, 0.2) is 0 Å². The minimum atomic E-state index is -0.433. The Bertz CT molecular complexity index is 405. The highest BCUT2D eigenvalue weighted by atomic mass is 19.1. The number of aryl methyl sites for hydroxylation is 1. The van der Waals surface area contributed by atoms with Crippen molar-refractivity contribution in [3.05, 3.63) is 35.1 Å². The molecule has 2 rings (SSSR count). The predicted molar refractivity (Wildman–Crippen MR) is 54.0 cm³/mol. The SMILES string of the molecule is C#CCC1(N)CCc2cc(F)ccc21. The lowest BCUT2D eigenvalue weighted by Crippen LogP contribution is -2.33. The molecule has 0 aromatic heterocycles. The van der Waals surface area contributed by atoms with Crippen LogP contribution in [0.4, 0.5) is 4.39 Å². The molecule has 14 heavy (non-hydrogen) atoms. The molecule has 72 valence electrons. The number of halogens is 1. The van der Waals surface area contributed by atoms with E-state index in [1.165, 1.54) is 6.07 Å². The van der Waals surface area contributed by atoms with Crippen molar-refractivity contribution in [1.82, 2.24) is 0 Å². The topological polar surface area (TPSA) is 26.0 Å². The van der Waals surface area contributed by atoms with E-state index < -0.39 is 5.54 Å². The van der Waals surface area contributed by atoms with Crippen LogP contribution in [0.3, 0.4) is 0 Å². The Morgan fingerprint density at radius 2 is 2.36 bits per heavy atom. The third-order valence-corrected chi connectivity index (χ3v) is 2.86. The lowest BCUT2D eigenvalue weighted by Gasteiger charge is -2.22. The molecule has 0 aliphatic heterocycles. The van der Waals surface area contributed by atoms with E-state index in [1.54, 1.807) is 12.1 Å². The van der Waals surface area contributed by atoms with Crippen molar-refractivity contribution in [2.24, 2.45) is 5.73 Å². The van der Waals surface area contributed by atoms with Gasteiger partial charge < -0.3 is 5.73 Å². The molecule has 2 heteroatoms. The van der Waals surface area contributed by atoms with Gasteiger partial charge in [0.05, 0.1) is 5.54 Å². The van der Waals surface area contributed by atoms with Crippen LogP contribution in [0.1, 0.15) is 24.0 Å². The van der Waals surface area contributed by atoms with Crippen molar-refractivity contribution in [3.63, 3.8) is 0 Å². The van der Waals surface area contributed by atoms with Crippen LogP contribution in [-0.4, -0.2) is 0 Å². The molecule has 0 fully saturated rings. The van der Waals surface area contributed by atoms with Gasteiger partial charge in [-0.15, -0.1) is 12.3 Å². The van der Waals surface area contributed by atoms with Gasteiger partial charge >= 0.3 is 0 Å². The molecule has 1 aliphatic rings. The molecule has 2 N–H and O–H groups in total. The highest BCUT2D eigenvalue weighted by molar-refractivity contribution is 5.39. The smallest absolute Gasteiger partial charge is 0.123 e.